The van der Waals surface area contributed by atoms with Crippen LogP contribution >= 0.6 is 0 Å². The van der Waals surface area contributed by atoms with Gasteiger partial charge >= 0.3 is 11.9 Å². The molecule has 0 atom stereocenters. The molecule has 3 rings (SSSR count). The molecule has 2 aromatic carbocycles. The summed E-state index contributed by atoms with van der Waals surface area (Å²) in [5.41, 5.74) is 2.37. The molecular weight excluding hydrogens is 636 g/mol. The molecule has 0 radical (unpaired) electrons. The molecular formula is C40H62N2O8. The van der Waals surface area contributed by atoms with Crippen LogP contribution in [-0.4, -0.2) is 43.2 Å². The first-order valence-electron chi connectivity index (χ1n) is 18.4. The van der Waals surface area contributed by atoms with Crippen LogP contribution < -0.4 is 10.1 Å². The first kappa shape index (κ1) is 45.8. The first-order valence-corrected chi connectivity index (χ1v) is 18.4. The number of aryl methyl sites for hydroxylation is 1. The molecule has 1 fully saturated rings. The van der Waals surface area contributed by atoms with Crippen LogP contribution in [0.1, 0.15) is 122 Å². The maximum Gasteiger partial charge on any atom is 0.330 e. The Bertz CT molecular complexity index is 1150. The Morgan fingerprint density at radius 2 is 1.56 bits per heavy atom. The van der Waals surface area contributed by atoms with Crippen molar-refractivity contribution in [3.63, 3.8) is 0 Å². The van der Waals surface area contributed by atoms with E-state index in [4.69, 9.17) is 9.47 Å². The van der Waals surface area contributed by atoms with Crippen LogP contribution in [0.5, 0.6) is 5.75 Å². The van der Waals surface area contributed by atoms with E-state index in [0.717, 1.165) is 11.5 Å². The average molecular weight is 699 g/mol. The summed E-state index contributed by atoms with van der Waals surface area (Å²) in [7, 11) is 0. The molecule has 1 aliphatic carbocycles. The van der Waals surface area contributed by atoms with Crippen molar-refractivity contribution >= 4 is 18.3 Å². The third kappa shape index (κ3) is 27.7. The molecule has 1 amide bonds. The summed E-state index contributed by atoms with van der Waals surface area (Å²) >= 11 is 0. The number of benzene rings is 2. The van der Waals surface area contributed by atoms with Crippen molar-refractivity contribution in [2.75, 3.05) is 19.8 Å². The molecule has 0 spiro atoms. The number of hydrogen-bond donors (Lipinski definition) is 1. The molecule has 10 heteroatoms. The average Bonchev–Trinajstić information content (AvgIpc) is 3.66. The number of rotatable bonds is 21. The van der Waals surface area contributed by atoms with E-state index in [1.807, 2.05) is 13.8 Å². The van der Waals surface area contributed by atoms with E-state index in [9.17, 15) is 24.5 Å². The van der Waals surface area contributed by atoms with E-state index in [0.29, 0.717) is 18.6 Å². The minimum Gasteiger partial charge on any atom is -0.465 e. The summed E-state index contributed by atoms with van der Waals surface area (Å²) in [4.78, 5) is 46.8. The van der Waals surface area contributed by atoms with Crippen molar-refractivity contribution in [2.24, 2.45) is 5.92 Å². The van der Waals surface area contributed by atoms with Crippen LogP contribution in [-0.2, 0) is 36.8 Å². The molecule has 0 aliphatic heterocycles. The van der Waals surface area contributed by atoms with Gasteiger partial charge < -0.3 is 19.6 Å². The summed E-state index contributed by atoms with van der Waals surface area (Å²) in [6, 6.07) is 17.5. The van der Waals surface area contributed by atoms with Gasteiger partial charge in [-0.1, -0.05) is 133 Å². The Balaban J connectivity index is 0.000000814. The van der Waals surface area contributed by atoms with E-state index >= 15 is 0 Å². The van der Waals surface area contributed by atoms with Crippen LogP contribution in [0.2, 0.25) is 0 Å². The maximum atomic E-state index is 11.4. The molecule has 2 aromatic rings. The molecule has 0 unspecified atom stereocenters. The van der Waals surface area contributed by atoms with Crippen molar-refractivity contribution in [1.82, 2.24) is 5.32 Å². The van der Waals surface area contributed by atoms with Gasteiger partial charge in [0, 0.05) is 12.8 Å². The lowest BCUT2D eigenvalue weighted by molar-refractivity contribution is -0.757. The second-order valence-electron chi connectivity index (χ2n) is 11.7. The molecule has 0 saturated heterocycles. The number of unbranched alkanes of at least 4 members (excludes halogenated alkanes) is 4. The zero-order valence-corrected chi connectivity index (χ0v) is 30.9. The van der Waals surface area contributed by atoms with Gasteiger partial charge in [0.05, 0.1) is 13.2 Å². The number of nitrogens with one attached hydrogen (secondary N) is 1. The lowest BCUT2D eigenvalue weighted by Crippen LogP contribution is -2.25. The number of allylic oxidation sites excluding steroid dienone is 2. The molecule has 0 bridgehead atoms. The first-order chi connectivity index (χ1) is 24.4. The van der Waals surface area contributed by atoms with Gasteiger partial charge in [-0.05, 0) is 61.8 Å². The van der Waals surface area contributed by atoms with Crippen molar-refractivity contribution in [3.05, 3.63) is 88.0 Å². The highest BCUT2D eigenvalue weighted by atomic mass is 16.9. The summed E-state index contributed by atoms with van der Waals surface area (Å²) in [6.45, 7) is 8.08. The van der Waals surface area contributed by atoms with E-state index in [2.05, 4.69) is 66.5 Å². The number of esters is 2. The topological polar surface area (TPSA) is 134 Å². The second-order valence-corrected chi connectivity index (χ2v) is 11.7. The van der Waals surface area contributed by atoms with Gasteiger partial charge in [0.25, 0.3) is 5.09 Å². The molecule has 50 heavy (non-hydrogen) atoms. The van der Waals surface area contributed by atoms with Crippen molar-refractivity contribution in [2.45, 2.75) is 124 Å². The largest absolute Gasteiger partial charge is 0.465 e. The molecule has 1 aliphatic rings. The highest BCUT2D eigenvalue weighted by Crippen LogP contribution is 2.29. The molecule has 1 N–H and O–H groups in total. The fourth-order valence-corrected chi connectivity index (χ4v) is 5.10. The zero-order valence-electron chi connectivity index (χ0n) is 30.9. The van der Waals surface area contributed by atoms with Crippen molar-refractivity contribution < 1.29 is 33.8 Å². The highest BCUT2D eigenvalue weighted by Gasteiger charge is 2.13. The third-order valence-electron chi connectivity index (χ3n) is 7.72. The van der Waals surface area contributed by atoms with Crippen LogP contribution in [0, 0.1) is 16.0 Å². The van der Waals surface area contributed by atoms with Gasteiger partial charge in [0.15, 0.2) is 0 Å². The molecule has 0 aromatic heterocycles. The predicted molar refractivity (Wildman–Crippen MR) is 199 cm³/mol. The van der Waals surface area contributed by atoms with Gasteiger partial charge in [-0.2, -0.15) is 0 Å². The molecule has 10 nitrogen and oxygen atoms in total. The summed E-state index contributed by atoms with van der Waals surface area (Å²) in [5, 5.41) is 11.2. The van der Waals surface area contributed by atoms with Gasteiger partial charge in [0.2, 0.25) is 6.41 Å². The fraction of sp³-hybridized carbons (Fsp3) is 0.575. The predicted octanol–water partition coefficient (Wildman–Crippen LogP) is 9.17. The smallest absolute Gasteiger partial charge is 0.330 e. The number of ether oxygens (including phenoxy) is 2. The Morgan fingerprint density at radius 3 is 2.18 bits per heavy atom. The normalized spacial score (nSPS) is 11.8. The number of carbonyl (C=O) groups excluding carboxylic acids is 3. The quantitative estimate of drug-likeness (QED) is 0.0259. The summed E-state index contributed by atoms with van der Waals surface area (Å²) in [6.07, 6.45) is 22.4. The van der Waals surface area contributed by atoms with Crippen LogP contribution in [0.25, 0.3) is 0 Å². The van der Waals surface area contributed by atoms with Crippen molar-refractivity contribution in [3.8, 4) is 5.75 Å². The van der Waals surface area contributed by atoms with Crippen LogP contribution in [0.15, 0.2) is 66.7 Å². The maximum absolute atomic E-state index is 11.4. The Hall–Kier alpha value is -4.21. The highest BCUT2D eigenvalue weighted by molar-refractivity contribution is 5.76. The van der Waals surface area contributed by atoms with Crippen molar-refractivity contribution in [1.29, 1.82) is 0 Å². The van der Waals surface area contributed by atoms with E-state index in [1.165, 1.54) is 82.6 Å². The zero-order chi connectivity index (χ0) is 37.1. The van der Waals surface area contributed by atoms with Gasteiger partial charge in [-0.15, -0.1) is 10.1 Å². The molecule has 280 valence electrons. The Labute approximate surface area is 300 Å². The van der Waals surface area contributed by atoms with E-state index in [-0.39, 0.29) is 32.6 Å². The van der Waals surface area contributed by atoms with E-state index < -0.39 is 17.0 Å². The molecule has 1 saturated carbocycles. The van der Waals surface area contributed by atoms with E-state index in [1.54, 1.807) is 24.3 Å². The lowest BCUT2D eigenvalue weighted by Gasteiger charge is -2.07. The lowest BCUT2D eigenvalue weighted by atomic mass is 9.98. The van der Waals surface area contributed by atoms with Crippen LogP contribution in [0.4, 0.5) is 0 Å². The summed E-state index contributed by atoms with van der Waals surface area (Å²) in [5.74, 6) is 0.371. The molecule has 0 heterocycles. The minimum atomic E-state index is -0.912. The number of carbonyl (C=O) groups is 3. The Morgan fingerprint density at radius 1 is 0.880 bits per heavy atom. The number of hydrogen-bond acceptors (Lipinski definition) is 8. The second kappa shape index (κ2) is 33.3. The standard InChI is InChI=1S/C16H24.C15H18N2O8.C7H14.C2H6/c1-3-9-15(10-4-1)11-5-2-6-12-16-13-7-8-14-16;18-11-16-10-15(20)25-13-5-3-12(4-6-13)7-9-23-14(19)2-1-8-24-17(21)22;1-3-5-7-6-4-2;1-2/h1,3-4,9-10,16H,2,5-8,11-14H2;3-6,11H,1-2,7-10H2,(H,16,18);3,5H,4,6-7H2,1-2H3;1-2H3/b;;5-3-;. The monoisotopic (exact) mass is 698 g/mol. The van der Waals surface area contributed by atoms with Gasteiger partial charge in [-0.25, -0.2) is 4.79 Å². The minimum absolute atomic E-state index is 0.0392. The van der Waals surface area contributed by atoms with Gasteiger partial charge in [-0.3, -0.25) is 9.59 Å². The number of nitrogens with zero attached hydrogens (tertiary/aromatic N) is 1. The SMILES string of the molecule is C/C=C\CCCC.CC.O=CNCC(=O)Oc1ccc(CCOC(=O)CCCO[N+](=O)[O-])cc1.c1ccc(CCCCCC2CCCC2)cc1. The fourth-order valence-electron chi connectivity index (χ4n) is 5.10. The van der Waals surface area contributed by atoms with Crippen LogP contribution in [0.3, 0.4) is 0 Å². The number of amides is 1. The Kier molecular flexibility index (Phi) is 30.5. The van der Waals surface area contributed by atoms with Gasteiger partial charge in [0.1, 0.15) is 12.3 Å². The summed E-state index contributed by atoms with van der Waals surface area (Å²) < 4.78 is 9.98. The third-order valence-corrected chi connectivity index (χ3v) is 7.72.